The van der Waals surface area contributed by atoms with Crippen molar-refractivity contribution in [1.29, 1.82) is 0 Å². The molecule has 0 aromatic heterocycles. The molecule has 1 unspecified atom stereocenters. The Labute approximate surface area is 86.6 Å². The molecular weight excluding hydrogens is 176 g/mol. The van der Waals surface area contributed by atoms with Gasteiger partial charge in [-0.05, 0) is 44.2 Å². The molecular formula is C11H22N2O. The lowest BCUT2D eigenvalue weighted by Gasteiger charge is -2.28. The molecule has 1 atom stereocenters. The number of carbonyl (C=O) groups is 1. The first-order chi connectivity index (χ1) is 6.70. The summed E-state index contributed by atoms with van der Waals surface area (Å²) in [6, 6.07) is 0. The van der Waals surface area contributed by atoms with Gasteiger partial charge in [0.1, 0.15) is 0 Å². The van der Waals surface area contributed by atoms with Crippen LogP contribution in [0.2, 0.25) is 0 Å². The summed E-state index contributed by atoms with van der Waals surface area (Å²) < 4.78 is 0. The van der Waals surface area contributed by atoms with Crippen LogP contribution in [-0.4, -0.2) is 25.5 Å². The Bertz CT molecular complexity index is 176. The van der Waals surface area contributed by atoms with Gasteiger partial charge in [-0.25, -0.2) is 0 Å². The standard InChI is InChI=1S/C11H22N2O/c1-9(3-8-13-10(2)14)11-4-6-12-7-5-11/h9,11-12H,3-8H2,1-2H3,(H,13,14). The zero-order valence-electron chi connectivity index (χ0n) is 9.31. The van der Waals surface area contributed by atoms with Crippen molar-refractivity contribution >= 4 is 5.91 Å². The fourth-order valence-electron chi connectivity index (χ4n) is 2.12. The van der Waals surface area contributed by atoms with Crippen molar-refractivity contribution in [3.8, 4) is 0 Å². The molecule has 1 fully saturated rings. The zero-order valence-corrected chi connectivity index (χ0v) is 9.31. The summed E-state index contributed by atoms with van der Waals surface area (Å²) in [4.78, 5) is 10.7. The van der Waals surface area contributed by atoms with E-state index >= 15 is 0 Å². The van der Waals surface area contributed by atoms with Crippen molar-refractivity contribution in [2.24, 2.45) is 11.8 Å². The lowest BCUT2D eigenvalue weighted by molar-refractivity contribution is -0.119. The van der Waals surface area contributed by atoms with Crippen LogP contribution in [0.5, 0.6) is 0 Å². The summed E-state index contributed by atoms with van der Waals surface area (Å²) in [6.07, 6.45) is 3.70. The largest absolute Gasteiger partial charge is 0.356 e. The molecule has 0 aliphatic carbocycles. The van der Waals surface area contributed by atoms with Gasteiger partial charge in [0.25, 0.3) is 0 Å². The molecule has 3 nitrogen and oxygen atoms in total. The van der Waals surface area contributed by atoms with E-state index < -0.39 is 0 Å². The number of carbonyl (C=O) groups excluding carboxylic acids is 1. The summed E-state index contributed by atoms with van der Waals surface area (Å²) >= 11 is 0. The Hall–Kier alpha value is -0.570. The highest BCUT2D eigenvalue weighted by Gasteiger charge is 2.19. The van der Waals surface area contributed by atoms with Gasteiger partial charge in [-0.3, -0.25) is 4.79 Å². The van der Waals surface area contributed by atoms with Crippen LogP contribution in [0.1, 0.15) is 33.1 Å². The van der Waals surface area contributed by atoms with E-state index in [-0.39, 0.29) is 5.91 Å². The third-order valence-corrected chi connectivity index (χ3v) is 3.16. The molecule has 1 heterocycles. The first-order valence-electron chi connectivity index (χ1n) is 5.65. The van der Waals surface area contributed by atoms with E-state index in [1.807, 2.05) is 0 Å². The minimum atomic E-state index is 0.0857. The molecule has 1 aliphatic rings. The molecule has 0 bridgehead atoms. The second-order valence-electron chi connectivity index (χ2n) is 4.34. The van der Waals surface area contributed by atoms with Crippen LogP contribution in [0, 0.1) is 11.8 Å². The molecule has 3 heteroatoms. The number of hydrogen-bond donors (Lipinski definition) is 2. The molecule has 0 aromatic rings. The van der Waals surface area contributed by atoms with E-state index in [9.17, 15) is 4.79 Å². The van der Waals surface area contributed by atoms with Crippen molar-refractivity contribution in [2.45, 2.75) is 33.1 Å². The van der Waals surface area contributed by atoms with Crippen molar-refractivity contribution < 1.29 is 4.79 Å². The highest BCUT2D eigenvalue weighted by atomic mass is 16.1. The van der Waals surface area contributed by atoms with Crippen molar-refractivity contribution in [3.63, 3.8) is 0 Å². The lowest BCUT2D eigenvalue weighted by atomic mass is 9.84. The van der Waals surface area contributed by atoms with E-state index in [0.29, 0.717) is 0 Å². The third-order valence-electron chi connectivity index (χ3n) is 3.16. The molecule has 1 rings (SSSR count). The van der Waals surface area contributed by atoms with Crippen LogP contribution in [0.4, 0.5) is 0 Å². The first kappa shape index (κ1) is 11.5. The highest BCUT2D eigenvalue weighted by Crippen LogP contribution is 2.23. The fraction of sp³-hybridized carbons (Fsp3) is 0.909. The smallest absolute Gasteiger partial charge is 0.216 e. The summed E-state index contributed by atoms with van der Waals surface area (Å²) in [5.41, 5.74) is 0. The quantitative estimate of drug-likeness (QED) is 0.711. The number of nitrogens with one attached hydrogen (secondary N) is 2. The van der Waals surface area contributed by atoms with Crippen LogP contribution < -0.4 is 10.6 Å². The van der Waals surface area contributed by atoms with Crippen molar-refractivity contribution in [2.75, 3.05) is 19.6 Å². The van der Waals surface area contributed by atoms with Gasteiger partial charge in [0.15, 0.2) is 0 Å². The maximum absolute atomic E-state index is 10.7. The number of amides is 1. The lowest BCUT2D eigenvalue weighted by Crippen LogP contribution is -2.32. The molecule has 14 heavy (non-hydrogen) atoms. The number of rotatable bonds is 4. The Morgan fingerprint density at radius 1 is 1.50 bits per heavy atom. The highest BCUT2D eigenvalue weighted by molar-refractivity contribution is 5.72. The topological polar surface area (TPSA) is 41.1 Å². The average Bonchev–Trinajstić information content (AvgIpc) is 2.18. The third kappa shape index (κ3) is 4.09. The van der Waals surface area contributed by atoms with Gasteiger partial charge in [-0.1, -0.05) is 6.92 Å². The van der Waals surface area contributed by atoms with Gasteiger partial charge in [0, 0.05) is 13.5 Å². The Morgan fingerprint density at radius 3 is 2.71 bits per heavy atom. The summed E-state index contributed by atoms with van der Waals surface area (Å²) in [7, 11) is 0. The maximum atomic E-state index is 10.7. The Kier molecular flexibility index (Phi) is 4.94. The maximum Gasteiger partial charge on any atom is 0.216 e. The molecule has 1 saturated heterocycles. The minimum Gasteiger partial charge on any atom is -0.356 e. The average molecular weight is 198 g/mol. The van der Waals surface area contributed by atoms with Crippen LogP contribution in [0.25, 0.3) is 0 Å². The first-order valence-corrected chi connectivity index (χ1v) is 5.65. The van der Waals surface area contributed by atoms with Gasteiger partial charge in [0.2, 0.25) is 5.91 Å². The molecule has 1 amide bonds. The Balaban J connectivity index is 2.13. The van der Waals surface area contributed by atoms with E-state index in [4.69, 9.17) is 0 Å². The minimum absolute atomic E-state index is 0.0857. The summed E-state index contributed by atoms with van der Waals surface area (Å²) in [5.74, 6) is 1.68. The van der Waals surface area contributed by atoms with Crippen LogP contribution >= 0.6 is 0 Å². The number of hydrogen-bond acceptors (Lipinski definition) is 2. The number of piperidine rings is 1. The van der Waals surface area contributed by atoms with E-state index in [0.717, 1.165) is 37.9 Å². The van der Waals surface area contributed by atoms with Crippen LogP contribution in [0.3, 0.4) is 0 Å². The predicted octanol–water partition coefficient (Wildman–Crippen LogP) is 1.15. The molecule has 0 radical (unpaired) electrons. The molecule has 2 N–H and O–H groups in total. The normalized spacial score (nSPS) is 20.4. The van der Waals surface area contributed by atoms with Crippen molar-refractivity contribution in [1.82, 2.24) is 10.6 Å². The monoisotopic (exact) mass is 198 g/mol. The second kappa shape index (κ2) is 6.02. The van der Waals surface area contributed by atoms with Crippen molar-refractivity contribution in [3.05, 3.63) is 0 Å². The molecule has 82 valence electrons. The molecule has 1 aliphatic heterocycles. The van der Waals surface area contributed by atoms with Gasteiger partial charge >= 0.3 is 0 Å². The van der Waals surface area contributed by atoms with Gasteiger partial charge in [-0.15, -0.1) is 0 Å². The Morgan fingerprint density at radius 2 is 2.14 bits per heavy atom. The van der Waals surface area contributed by atoms with Crippen LogP contribution in [-0.2, 0) is 4.79 Å². The van der Waals surface area contributed by atoms with Gasteiger partial charge < -0.3 is 10.6 Å². The second-order valence-corrected chi connectivity index (χ2v) is 4.34. The van der Waals surface area contributed by atoms with E-state index in [1.54, 1.807) is 6.92 Å². The summed E-state index contributed by atoms with van der Waals surface area (Å²) in [6.45, 7) is 7.04. The molecule has 0 aromatic carbocycles. The predicted molar refractivity (Wildman–Crippen MR) is 58.1 cm³/mol. The van der Waals surface area contributed by atoms with Gasteiger partial charge in [0.05, 0.1) is 0 Å². The fourth-order valence-corrected chi connectivity index (χ4v) is 2.12. The zero-order chi connectivity index (χ0) is 10.4. The molecule has 0 saturated carbocycles. The molecule has 0 spiro atoms. The van der Waals surface area contributed by atoms with E-state index in [2.05, 4.69) is 17.6 Å². The van der Waals surface area contributed by atoms with Gasteiger partial charge in [-0.2, -0.15) is 0 Å². The summed E-state index contributed by atoms with van der Waals surface area (Å²) in [5, 5.41) is 6.24. The van der Waals surface area contributed by atoms with E-state index in [1.165, 1.54) is 12.8 Å². The SMILES string of the molecule is CC(=O)NCCC(C)C1CCNCC1. The van der Waals surface area contributed by atoms with Crippen LogP contribution in [0.15, 0.2) is 0 Å².